The number of benzene rings is 2. The average Bonchev–Trinajstić information content (AvgIpc) is 2.70. The molecular formula is C17H9F5N2O3S. The molecule has 0 aromatic heterocycles. The number of nitro groups is 1. The lowest BCUT2D eigenvalue weighted by Gasteiger charge is -2.06. The molecule has 2 aromatic rings. The lowest BCUT2D eigenvalue weighted by Crippen LogP contribution is -2.04. The maximum atomic E-state index is 13.7. The molecule has 0 unspecified atom stereocenters. The Morgan fingerprint density at radius 1 is 1.18 bits per heavy atom. The summed E-state index contributed by atoms with van der Waals surface area (Å²) in [7, 11) is 1.25. The van der Waals surface area contributed by atoms with E-state index in [-0.39, 0.29) is 22.1 Å². The molecule has 2 rings (SSSR count). The van der Waals surface area contributed by atoms with Gasteiger partial charge in [0.2, 0.25) is 5.82 Å². The van der Waals surface area contributed by atoms with Crippen LogP contribution in [0.1, 0.15) is 11.1 Å². The Kier molecular flexibility index (Phi) is 6.58. The van der Waals surface area contributed by atoms with E-state index in [1.54, 1.807) is 6.07 Å². The summed E-state index contributed by atoms with van der Waals surface area (Å²) in [5.41, 5.74) is -1.21. The van der Waals surface area contributed by atoms with Gasteiger partial charge in [0, 0.05) is 11.8 Å². The van der Waals surface area contributed by atoms with Crippen molar-refractivity contribution in [3.63, 3.8) is 0 Å². The van der Waals surface area contributed by atoms with Crippen molar-refractivity contribution in [1.82, 2.24) is 0 Å². The van der Waals surface area contributed by atoms with Gasteiger partial charge >= 0.3 is 5.69 Å². The van der Waals surface area contributed by atoms with E-state index in [0.29, 0.717) is 23.4 Å². The summed E-state index contributed by atoms with van der Waals surface area (Å²) in [6.45, 7) is 0. The van der Waals surface area contributed by atoms with Crippen molar-refractivity contribution in [1.29, 1.82) is 5.26 Å². The minimum atomic E-state index is -2.30. The molecule has 0 aliphatic carbocycles. The van der Waals surface area contributed by atoms with Crippen LogP contribution in [0, 0.1) is 50.5 Å². The lowest BCUT2D eigenvalue weighted by atomic mass is 10.1. The fraction of sp³-hybridized carbons (Fsp3) is 0.118. The van der Waals surface area contributed by atoms with Crippen LogP contribution in [-0.4, -0.2) is 12.0 Å². The van der Waals surface area contributed by atoms with E-state index in [0.717, 1.165) is 0 Å². The van der Waals surface area contributed by atoms with Gasteiger partial charge in [-0.05, 0) is 17.7 Å². The van der Waals surface area contributed by atoms with Crippen LogP contribution in [0.25, 0.3) is 6.08 Å². The van der Waals surface area contributed by atoms with Gasteiger partial charge in [-0.15, -0.1) is 11.8 Å². The van der Waals surface area contributed by atoms with Crippen molar-refractivity contribution >= 4 is 23.5 Å². The highest BCUT2D eigenvalue weighted by atomic mass is 32.2. The monoisotopic (exact) mass is 416 g/mol. The molecule has 0 radical (unpaired) electrons. The number of nitriles is 1. The Morgan fingerprint density at radius 3 is 2.25 bits per heavy atom. The first-order valence-corrected chi connectivity index (χ1v) is 8.27. The van der Waals surface area contributed by atoms with Crippen molar-refractivity contribution in [2.75, 3.05) is 7.11 Å². The fourth-order valence-corrected chi connectivity index (χ4v) is 2.88. The first-order valence-electron chi connectivity index (χ1n) is 7.28. The van der Waals surface area contributed by atoms with Crippen LogP contribution in [-0.2, 0) is 5.75 Å². The molecule has 0 N–H and O–H groups in total. The molecule has 0 heterocycles. The molecule has 0 fully saturated rings. The van der Waals surface area contributed by atoms with Gasteiger partial charge in [-0.1, -0.05) is 6.07 Å². The highest BCUT2D eigenvalue weighted by Crippen LogP contribution is 2.32. The van der Waals surface area contributed by atoms with Crippen LogP contribution in [0.4, 0.5) is 27.6 Å². The molecule has 0 spiro atoms. The molecule has 0 saturated heterocycles. The summed E-state index contributed by atoms with van der Waals surface area (Å²) in [4.78, 5) is 9.97. The highest BCUT2D eigenvalue weighted by molar-refractivity contribution is 8.02. The third-order valence-corrected chi connectivity index (χ3v) is 4.46. The third-order valence-electron chi connectivity index (χ3n) is 3.46. The fourth-order valence-electron chi connectivity index (χ4n) is 2.12. The van der Waals surface area contributed by atoms with Crippen molar-refractivity contribution < 1.29 is 31.6 Å². The van der Waals surface area contributed by atoms with E-state index >= 15 is 0 Å². The van der Waals surface area contributed by atoms with Crippen LogP contribution in [0.3, 0.4) is 0 Å². The summed E-state index contributed by atoms with van der Waals surface area (Å²) < 4.78 is 71.8. The van der Waals surface area contributed by atoms with Crippen LogP contribution in [0.2, 0.25) is 0 Å². The van der Waals surface area contributed by atoms with Gasteiger partial charge in [-0.3, -0.25) is 10.1 Å². The van der Waals surface area contributed by atoms with Crippen LogP contribution in [0.15, 0.2) is 23.1 Å². The molecule has 0 bridgehead atoms. The van der Waals surface area contributed by atoms with Gasteiger partial charge in [0.25, 0.3) is 0 Å². The van der Waals surface area contributed by atoms with Gasteiger partial charge in [-0.25, -0.2) is 22.0 Å². The highest BCUT2D eigenvalue weighted by Gasteiger charge is 2.25. The third kappa shape index (κ3) is 4.23. The topological polar surface area (TPSA) is 76.2 Å². The molecule has 0 amide bonds. The number of hydrogen-bond donors (Lipinski definition) is 0. The molecule has 0 aliphatic heterocycles. The molecule has 5 nitrogen and oxygen atoms in total. The SMILES string of the molecule is COc1ccc(CSC(C#N)=Cc2c(F)c(F)c(F)c(F)c2F)cc1[N+](=O)[O-]. The van der Waals surface area contributed by atoms with E-state index in [4.69, 9.17) is 10.00 Å². The average molecular weight is 416 g/mol. The minimum absolute atomic E-state index is 0.0104. The normalized spacial score (nSPS) is 11.2. The summed E-state index contributed by atoms with van der Waals surface area (Å²) in [5.74, 6) is -10.7. The van der Waals surface area contributed by atoms with Gasteiger partial charge in [0.15, 0.2) is 29.0 Å². The number of thioether (sulfide) groups is 1. The number of nitro benzene ring substituents is 1. The molecule has 2 aromatic carbocycles. The quantitative estimate of drug-likeness (QED) is 0.164. The Hall–Kier alpha value is -3.13. The van der Waals surface area contributed by atoms with E-state index in [1.807, 2.05) is 0 Å². The Bertz CT molecular complexity index is 992. The van der Waals surface area contributed by atoms with Gasteiger partial charge in [-0.2, -0.15) is 5.26 Å². The van der Waals surface area contributed by atoms with E-state index < -0.39 is 39.6 Å². The molecule has 11 heteroatoms. The number of methoxy groups -OCH3 is 1. The summed E-state index contributed by atoms with van der Waals surface area (Å²) in [5, 5.41) is 20.1. The Balaban J connectivity index is 2.33. The second-order valence-corrected chi connectivity index (χ2v) is 6.17. The first-order chi connectivity index (χ1) is 13.2. The molecule has 0 saturated carbocycles. The van der Waals surface area contributed by atoms with Gasteiger partial charge < -0.3 is 4.74 Å². The zero-order valence-corrected chi connectivity index (χ0v) is 14.8. The lowest BCUT2D eigenvalue weighted by molar-refractivity contribution is -0.385. The maximum absolute atomic E-state index is 13.7. The van der Waals surface area contributed by atoms with E-state index in [9.17, 15) is 32.1 Å². The molecular weight excluding hydrogens is 407 g/mol. The largest absolute Gasteiger partial charge is 0.490 e. The second kappa shape index (κ2) is 8.71. The van der Waals surface area contributed by atoms with Crippen molar-refractivity contribution in [3.8, 4) is 11.8 Å². The molecule has 0 aliphatic rings. The molecule has 28 heavy (non-hydrogen) atoms. The van der Waals surface area contributed by atoms with Crippen molar-refractivity contribution in [2.24, 2.45) is 0 Å². The first kappa shape index (κ1) is 21.2. The summed E-state index contributed by atoms with van der Waals surface area (Å²) in [6.07, 6.45) is 0.527. The predicted molar refractivity (Wildman–Crippen MR) is 90.8 cm³/mol. The number of allylic oxidation sites excluding steroid dienone is 1. The number of ether oxygens (including phenoxy) is 1. The van der Waals surface area contributed by atoms with Crippen LogP contribution in [0.5, 0.6) is 5.75 Å². The van der Waals surface area contributed by atoms with Crippen LogP contribution < -0.4 is 4.74 Å². The Labute approximate surface area is 159 Å². The maximum Gasteiger partial charge on any atom is 0.311 e. The number of hydrogen-bond acceptors (Lipinski definition) is 5. The summed E-state index contributed by atoms with van der Waals surface area (Å²) in [6, 6.07) is 5.55. The molecule has 146 valence electrons. The van der Waals surface area contributed by atoms with Crippen molar-refractivity contribution in [2.45, 2.75) is 5.75 Å². The zero-order valence-electron chi connectivity index (χ0n) is 13.9. The van der Waals surface area contributed by atoms with Crippen molar-refractivity contribution in [3.05, 3.63) is 73.4 Å². The number of rotatable bonds is 6. The number of halogens is 5. The standard InChI is InChI=1S/C17H9F5N2O3S/c1-27-12-3-2-8(4-11(12)24(25)26)7-28-9(6-23)5-10-13(18)15(20)17(22)16(21)14(10)19/h2-5H,7H2,1H3. The predicted octanol–water partition coefficient (Wildman–Crippen LogP) is 5.10. The minimum Gasteiger partial charge on any atom is -0.490 e. The van der Waals surface area contributed by atoms with E-state index in [2.05, 4.69) is 0 Å². The van der Waals surface area contributed by atoms with Crippen LogP contribution >= 0.6 is 11.8 Å². The summed E-state index contributed by atoms with van der Waals surface area (Å²) >= 11 is 0.701. The van der Waals surface area contributed by atoms with E-state index in [1.165, 1.54) is 25.3 Å². The zero-order chi connectivity index (χ0) is 21.0. The Morgan fingerprint density at radius 2 is 1.75 bits per heavy atom. The van der Waals surface area contributed by atoms with Gasteiger partial charge in [0.1, 0.15) is 6.07 Å². The van der Waals surface area contributed by atoms with Gasteiger partial charge in [0.05, 0.1) is 22.5 Å². The smallest absolute Gasteiger partial charge is 0.311 e. The number of nitrogens with zero attached hydrogens (tertiary/aromatic N) is 2. The molecule has 0 atom stereocenters. The second-order valence-electron chi connectivity index (χ2n) is 5.16.